The second kappa shape index (κ2) is 12.4. The summed E-state index contributed by atoms with van der Waals surface area (Å²) < 4.78 is 1.88. The van der Waals surface area contributed by atoms with E-state index in [1.165, 1.54) is 0 Å². The number of fused-ring (bicyclic) bond motifs is 6. The van der Waals surface area contributed by atoms with E-state index in [2.05, 4.69) is 24.8 Å². The number of para-hydroxylation sites is 3. The van der Waals surface area contributed by atoms with Crippen LogP contribution in [0, 0.1) is 0 Å². The van der Waals surface area contributed by atoms with Gasteiger partial charge in [0.25, 0.3) is 0 Å². The van der Waals surface area contributed by atoms with Gasteiger partial charge < -0.3 is 35.0 Å². The van der Waals surface area contributed by atoms with Gasteiger partial charge in [-0.1, -0.05) is 118 Å². The van der Waals surface area contributed by atoms with E-state index in [1.54, 1.807) is 6.08 Å². The minimum atomic E-state index is -0.702. The van der Waals surface area contributed by atoms with Crippen LogP contribution in [0.2, 0.25) is 0 Å². The Bertz CT molecular complexity index is 2400. The summed E-state index contributed by atoms with van der Waals surface area (Å²) in [5, 5.41) is 62.2. The van der Waals surface area contributed by atoms with Gasteiger partial charge in [-0.25, -0.2) is 0 Å². The number of nitrogens with zero attached hydrogens (tertiary/aromatic N) is 2. The fourth-order valence-electron chi connectivity index (χ4n) is 8.46. The van der Waals surface area contributed by atoms with Crippen molar-refractivity contribution >= 4 is 39.3 Å². The number of allylic oxidation sites excluding steroid dienone is 2. The summed E-state index contributed by atoms with van der Waals surface area (Å²) in [6, 6.07) is 23.4. The van der Waals surface area contributed by atoms with E-state index in [4.69, 9.17) is 0 Å². The second-order valence-corrected chi connectivity index (χ2v) is 13.3. The Morgan fingerprint density at radius 1 is 0.627 bits per heavy atom. The molecule has 6 aromatic rings. The molecule has 0 fully saturated rings. The number of phenols is 5. The van der Waals surface area contributed by atoms with Crippen molar-refractivity contribution in [1.29, 1.82) is 0 Å². The van der Waals surface area contributed by atoms with Gasteiger partial charge >= 0.3 is 0 Å². The molecule has 0 saturated heterocycles. The first-order valence-corrected chi connectivity index (χ1v) is 17.6. The number of phenolic OH excluding ortho intramolecular Hbond substituents is 5. The fourth-order valence-corrected chi connectivity index (χ4v) is 8.46. The van der Waals surface area contributed by atoms with Crippen LogP contribution in [-0.2, 0) is 12.8 Å². The zero-order chi connectivity index (χ0) is 35.6. The monoisotopic (exact) mass is 676 g/mol. The third-order valence-corrected chi connectivity index (χ3v) is 10.5. The molecule has 51 heavy (non-hydrogen) atoms. The van der Waals surface area contributed by atoms with Gasteiger partial charge in [0.2, 0.25) is 5.75 Å². The number of aromatic hydroxyl groups is 5. The summed E-state index contributed by atoms with van der Waals surface area (Å²) in [4.78, 5) is 1.98. The molecule has 1 aromatic heterocycles. The number of aromatic nitrogens is 1. The van der Waals surface area contributed by atoms with Crippen molar-refractivity contribution < 1.29 is 25.5 Å². The highest BCUT2D eigenvalue weighted by Crippen LogP contribution is 2.60. The van der Waals surface area contributed by atoms with Crippen molar-refractivity contribution in [2.24, 2.45) is 0 Å². The molecule has 0 amide bonds. The summed E-state index contributed by atoms with van der Waals surface area (Å²) in [5.74, 6) is -2.08. The Morgan fingerprint density at radius 2 is 1.24 bits per heavy atom. The maximum Gasteiger partial charge on any atom is 0.203 e. The highest BCUT2D eigenvalue weighted by molar-refractivity contribution is 6.10. The van der Waals surface area contributed by atoms with Crippen molar-refractivity contribution in [2.75, 3.05) is 4.90 Å². The van der Waals surface area contributed by atoms with Gasteiger partial charge in [-0.05, 0) is 42.2 Å². The molecule has 7 heteroatoms. The predicted octanol–water partition coefficient (Wildman–Crippen LogP) is 10.3. The molecule has 0 bridgehead atoms. The quantitative estimate of drug-likeness (QED) is 0.103. The van der Waals surface area contributed by atoms with Crippen molar-refractivity contribution in [3.63, 3.8) is 0 Å². The molecule has 2 unspecified atom stereocenters. The molecule has 1 aliphatic carbocycles. The van der Waals surface area contributed by atoms with E-state index < -0.39 is 17.2 Å². The summed E-state index contributed by atoms with van der Waals surface area (Å²) in [5.41, 5.74) is 6.00. The lowest BCUT2D eigenvalue weighted by Crippen LogP contribution is -2.29. The van der Waals surface area contributed by atoms with E-state index in [1.807, 2.05) is 102 Å². The zero-order valence-electron chi connectivity index (χ0n) is 28.6. The molecule has 2 heterocycles. The summed E-state index contributed by atoms with van der Waals surface area (Å²) in [7, 11) is 0. The van der Waals surface area contributed by atoms with Crippen LogP contribution >= 0.6 is 0 Å². The summed E-state index contributed by atoms with van der Waals surface area (Å²) in [6.07, 6.45) is 12.1. The van der Waals surface area contributed by atoms with Crippen LogP contribution < -0.4 is 4.90 Å². The molecule has 1 aliphatic heterocycles. The first kappa shape index (κ1) is 32.1. The molecule has 0 saturated carbocycles. The Labute approximate surface area is 296 Å². The van der Waals surface area contributed by atoms with Gasteiger partial charge in [0.05, 0.1) is 22.8 Å². The van der Waals surface area contributed by atoms with Crippen LogP contribution in [-0.4, -0.2) is 36.1 Å². The zero-order valence-corrected chi connectivity index (χ0v) is 28.6. The second-order valence-electron chi connectivity index (χ2n) is 13.3. The number of hydrogen-bond acceptors (Lipinski definition) is 6. The molecule has 2 aliphatic rings. The number of benzene rings is 5. The van der Waals surface area contributed by atoms with Crippen molar-refractivity contribution in [3.8, 4) is 45.6 Å². The molecular weight excluding hydrogens is 636 g/mol. The van der Waals surface area contributed by atoms with Crippen LogP contribution in [0.1, 0.15) is 54.9 Å². The largest absolute Gasteiger partial charge is 0.505 e. The van der Waals surface area contributed by atoms with Gasteiger partial charge in [0, 0.05) is 44.6 Å². The third kappa shape index (κ3) is 4.57. The SMILES string of the molecule is C=Cc1c(-c2c(O)c(-n3c4ccccc4c4ccccc43)c(O)c(CCC)c2CCC)c(O)c(O)c(O)c1N1c2ccccc2C2C=CC=CC21. The first-order chi connectivity index (χ1) is 24.8. The molecule has 2 atom stereocenters. The lowest BCUT2D eigenvalue weighted by molar-refractivity contribution is 0.368. The first-order valence-electron chi connectivity index (χ1n) is 17.6. The van der Waals surface area contributed by atoms with E-state index in [9.17, 15) is 25.5 Å². The lowest BCUT2D eigenvalue weighted by Gasteiger charge is -2.32. The normalized spacial score (nSPS) is 16.2. The fraction of sp³-hybridized carbons (Fsp3) is 0.182. The van der Waals surface area contributed by atoms with Gasteiger partial charge in [0.15, 0.2) is 17.2 Å². The maximum atomic E-state index is 12.7. The average Bonchev–Trinajstić information content (AvgIpc) is 3.66. The minimum absolute atomic E-state index is 0.0153. The van der Waals surface area contributed by atoms with Crippen LogP contribution in [0.4, 0.5) is 11.4 Å². The minimum Gasteiger partial charge on any atom is -0.505 e. The lowest BCUT2D eigenvalue weighted by atomic mass is 9.84. The van der Waals surface area contributed by atoms with Crippen molar-refractivity contribution in [1.82, 2.24) is 4.57 Å². The Balaban J connectivity index is 1.52. The van der Waals surface area contributed by atoms with Crippen LogP contribution in [0.25, 0.3) is 44.7 Å². The standard InChI is InChI=1S/C44H40N2O5/c1-4-15-30-31(16-5-2)40(47)39(46-34-23-13-9-19-28(34)29-20-10-14-24-35(29)46)41(48)37(30)36-25(6-3)38(43(50)44(51)42(36)49)45-32-21-11-7-17-26(32)27-18-8-12-22-33(27)45/h6-14,17-24,26,32,47-51H,3-5,15-16H2,1-2H3. The van der Waals surface area contributed by atoms with Crippen LogP contribution in [0.3, 0.4) is 0 Å². The van der Waals surface area contributed by atoms with E-state index in [0.29, 0.717) is 42.4 Å². The maximum absolute atomic E-state index is 12.7. The van der Waals surface area contributed by atoms with Crippen molar-refractivity contribution in [3.05, 3.63) is 126 Å². The van der Waals surface area contributed by atoms with E-state index in [0.717, 1.165) is 33.1 Å². The van der Waals surface area contributed by atoms with Gasteiger partial charge in [-0.2, -0.15) is 0 Å². The van der Waals surface area contributed by atoms with Crippen LogP contribution in [0.5, 0.6) is 28.7 Å². The molecule has 5 aromatic carbocycles. The summed E-state index contributed by atoms with van der Waals surface area (Å²) in [6.45, 7) is 8.21. The highest BCUT2D eigenvalue weighted by Gasteiger charge is 2.41. The number of anilines is 2. The molecule has 256 valence electrons. The van der Waals surface area contributed by atoms with E-state index in [-0.39, 0.29) is 46.0 Å². The Kier molecular flexibility index (Phi) is 7.79. The van der Waals surface area contributed by atoms with Gasteiger partial charge in [0.1, 0.15) is 11.4 Å². The third-order valence-electron chi connectivity index (χ3n) is 10.5. The Hall–Kier alpha value is -6.08. The molecule has 7 nitrogen and oxygen atoms in total. The molecule has 0 radical (unpaired) electrons. The molecular formula is C44H40N2O5. The van der Waals surface area contributed by atoms with Gasteiger partial charge in [-0.3, -0.25) is 0 Å². The summed E-state index contributed by atoms with van der Waals surface area (Å²) >= 11 is 0. The highest BCUT2D eigenvalue weighted by atomic mass is 16.3. The van der Waals surface area contributed by atoms with Crippen LogP contribution in [0.15, 0.2) is 104 Å². The predicted molar refractivity (Wildman–Crippen MR) is 206 cm³/mol. The average molecular weight is 677 g/mol. The molecule has 5 N–H and O–H groups in total. The van der Waals surface area contributed by atoms with E-state index >= 15 is 0 Å². The number of hydrogen-bond donors (Lipinski definition) is 5. The smallest absolute Gasteiger partial charge is 0.203 e. The van der Waals surface area contributed by atoms with Crippen molar-refractivity contribution in [2.45, 2.75) is 51.5 Å². The Morgan fingerprint density at radius 3 is 1.90 bits per heavy atom. The molecule has 8 rings (SSSR count). The molecule has 0 spiro atoms. The number of rotatable bonds is 8. The van der Waals surface area contributed by atoms with Gasteiger partial charge in [-0.15, -0.1) is 0 Å². The topological polar surface area (TPSA) is 109 Å².